The predicted octanol–water partition coefficient (Wildman–Crippen LogP) is 1.70. The predicted molar refractivity (Wildman–Crippen MR) is 128 cm³/mol. The van der Waals surface area contributed by atoms with E-state index >= 15 is 0 Å². The van der Waals surface area contributed by atoms with E-state index in [2.05, 4.69) is 15.9 Å². The molecule has 1 aromatic heterocycles. The van der Waals surface area contributed by atoms with Crippen LogP contribution in [0.5, 0.6) is 0 Å². The Morgan fingerprint density at radius 2 is 1.91 bits per heavy atom. The van der Waals surface area contributed by atoms with Gasteiger partial charge in [-0.25, -0.2) is 0 Å². The molecule has 7 heteroatoms. The van der Waals surface area contributed by atoms with Crippen molar-refractivity contribution in [2.24, 2.45) is 23.7 Å². The molecule has 7 heterocycles. The highest BCUT2D eigenvalue weighted by Gasteiger charge is 2.60. The van der Waals surface area contributed by atoms with Crippen molar-refractivity contribution in [1.82, 2.24) is 19.3 Å². The molecule has 7 unspecified atom stereocenters. The monoisotopic (exact) mass is 466 g/mol. The Balaban J connectivity index is 1.14. The van der Waals surface area contributed by atoms with Gasteiger partial charge < -0.3 is 19.5 Å². The summed E-state index contributed by atoms with van der Waals surface area (Å²) in [5.74, 6) is 1.83. The fraction of sp³-hybridized carbons (Fsp3) is 0.778. The average Bonchev–Trinajstić information content (AvgIpc) is 2.83. The Morgan fingerprint density at radius 1 is 1.00 bits per heavy atom. The van der Waals surface area contributed by atoms with Crippen LogP contribution in [0.25, 0.3) is 0 Å². The standard InChI is InChI=1S/C27H38N4O3/c32-25-6-3-5-24-19-10-18(13-30(24)25)12-28(14-19)16-21-7-8-26(33)31-15-20-11-22(27(21,31)34)17-29-9-2-1-4-23(20)29/h3,5-6,18-23,34H,1-2,4,7-17H2. The second-order valence-electron chi connectivity index (χ2n) is 12.2. The first-order valence-electron chi connectivity index (χ1n) is 13.7. The van der Waals surface area contributed by atoms with Crippen LogP contribution in [0, 0.1) is 23.7 Å². The molecule has 0 aromatic carbocycles. The van der Waals surface area contributed by atoms with Crippen LogP contribution in [0.4, 0.5) is 0 Å². The van der Waals surface area contributed by atoms with Gasteiger partial charge in [-0.05, 0) is 56.6 Å². The minimum absolute atomic E-state index is 0.106. The minimum atomic E-state index is -1.00. The highest BCUT2D eigenvalue weighted by atomic mass is 16.3. The quantitative estimate of drug-likeness (QED) is 0.719. The van der Waals surface area contributed by atoms with Gasteiger partial charge in [0.25, 0.3) is 5.56 Å². The summed E-state index contributed by atoms with van der Waals surface area (Å²) in [6, 6.07) is 6.31. The summed E-state index contributed by atoms with van der Waals surface area (Å²) in [6.07, 6.45) is 7.40. The Bertz CT molecular complexity index is 1040. The molecule has 0 spiro atoms. The van der Waals surface area contributed by atoms with Crippen LogP contribution in [-0.4, -0.2) is 81.3 Å². The molecule has 184 valence electrons. The van der Waals surface area contributed by atoms with Gasteiger partial charge in [-0.1, -0.05) is 12.5 Å². The molecule has 7 nitrogen and oxygen atoms in total. The Morgan fingerprint density at radius 3 is 2.82 bits per heavy atom. The number of amides is 1. The van der Waals surface area contributed by atoms with Crippen LogP contribution in [0.3, 0.4) is 0 Å². The summed E-state index contributed by atoms with van der Waals surface area (Å²) in [7, 11) is 0. The van der Waals surface area contributed by atoms with E-state index in [1.165, 1.54) is 25.0 Å². The molecule has 0 aliphatic carbocycles. The third-order valence-electron chi connectivity index (χ3n) is 10.3. The van der Waals surface area contributed by atoms with Crippen LogP contribution in [0.2, 0.25) is 0 Å². The number of hydrogen-bond donors (Lipinski definition) is 1. The molecule has 5 saturated heterocycles. The molecule has 4 bridgehead atoms. The van der Waals surface area contributed by atoms with Gasteiger partial charge in [0.1, 0.15) is 5.72 Å². The number of fused-ring (bicyclic) bond motifs is 10. The van der Waals surface area contributed by atoms with E-state index in [-0.39, 0.29) is 23.3 Å². The Hall–Kier alpha value is -1.70. The van der Waals surface area contributed by atoms with Gasteiger partial charge in [-0.2, -0.15) is 0 Å². The summed E-state index contributed by atoms with van der Waals surface area (Å²) >= 11 is 0. The lowest BCUT2D eigenvalue weighted by Crippen LogP contribution is -2.74. The zero-order chi connectivity index (χ0) is 23.0. The first kappa shape index (κ1) is 21.6. The second kappa shape index (κ2) is 7.90. The molecule has 6 aliphatic heterocycles. The smallest absolute Gasteiger partial charge is 0.250 e. The number of aromatic nitrogens is 1. The van der Waals surface area contributed by atoms with E-state index in [1.807, 2.05) is 15.5 Å². The van der Waals surface area contributed by atoms with Crippen LogP contribution < -0.4 is 5.56 Å². The molecule has 7 rings (SSSR count). The van der Waals surface area contributed by atoms with Gasteiger partial charge in [0.2, 0.25) is 5.91 Å². The van der Waals surface area contributed by atoms with Crippen LogP contribution in [0.15, 0.2) is 23.0 Å². The highest BCUT2D eigenvalue weighted by molar-refractivity contribution is 5.78. The van der Waals surface area contributed by atoms with E-state index in [4.69, 9.17) is 0 Å². The van der Waals surface area contributed by atoms with Crippen molar-refractivity contribution in [3.63, 3.8) is 0 Å². The number of pyridine rings is 1. The molecular weight excluding hydrogens is 428 g/mol. The molecule has 1 aromatic rings. The lowest BCUT2D eigenvalue weighted by molar-refractivity contribution is -0.251. The summed E-state index contributed by atoms with van der Waals surface area (Å²) in [6.45, 7) is 6.43. The maximum absolute atomic E-state index is 13.1. The second-order valence-corrected chi connectivity index (χ2v) is 12.2. The van der Waals surface area contributed by atoms with Crippen LogP contribution >= 0.6 is 0 Å². The molecule has 1 N–H and O–H groups in total. The minimum Gasteiger partial charge on any atom is -0.370 e. The number of likely N-dealkylation sites (tertiary alicyclic amines) is 1. The summed E-state index contributed by atoms with van der Waals surface area (Å²) < 4.78 is 1.99. The molecule has 5 fully saturated rings. The molecule has 34 heavy (non-hydrogen) atoms. The normalized spacial score (nSPS) is 42.0. The third kappa shape index (κ3) is 3.19. The summed E-state index contributed by atoms with van der Waals surface area (Å²) in [4.78, 5) is 32.6. The number of carbonyl (C=O) groups is 1. The van der Waals surface area contributed by atoms with Crippen molar-refractivity contribution < 1.29 is 9.90 Å². The molecule has 0 saturated carbocycles. The largest absolute Gasteiger partial charge is 0.370 e. The van der Waals surface area contributed by atoms with Crippen molar-refractivity contribution >= 4 is 5.91 Å². The van der Waals surface area contributed by atoms with E-state index in [1.54, 1.807) is 6.07 Å². The zero-order valence-corrected chi connectivity index (χ0v) is 20.1. The highest BCUT2D eigenvalue weighted by Crippen LogP contribution is 2.50. The van der Waals surface area contributed by atoms with Crippen molar-refractivity contribution in [2.45, 2.75) is 69.2 Å². The Labute approximate surface area is 201 Å². The van der Waals surface area contributed by atoms with Gasteiger partial charge in [0.05, 0.1) is 0 Å². The number of nitrogens with zero attached hydrogens (tertiary/aromatic N) is 4. The van der Waals surface area contributed by atoms with E-state index in [9.17, 15) is 14.7 Å². The van der Waals surface area contributed by atoms with Crippen LogP contribution in [-0.2, 0) is 11.3 Å². The average molecular weight is 467 g/mol. The number of piperidine rings is 5. The first-order valence-corrected chi connectivity index (χ1v) is 13.7. The van der Waals surface area contributed by atoms with Gasteiger partial charge in [-0.15, -0.1) is 0 Å². The topological polar surface area (TPSA) is 69.0 Å². The fourth-order valence-electron chi connectivity index (χ4n) is 8.94. The van der Waals surface area contributed by atoms with E-state index in [0.717, 1.165) is 65.1 Å². The van der Waals surface area contributed by atoms with Crippen molar-refractivity contribution in [3.05, 3.63) is 34.2 Å². The number of carbonyl (C=O) groups excluding carboxylic acids is 1. The number of aliphatic hydroxyl groups is 1. The van der Waals surface area contributed by atoms with E-state index in [0.29, 0.717) is 30.2 Å². The molecule has 1 amide bonds. The van der Waals surface area contributed by atoms with Gasteiger partial charge in [0, 0.05) is 81.2 Å². The number of hydrogen-bond acceptors (Lipinski definition) is 5. The van der Waals surface area contributed by atoms with Gasteiger partial charge in [0.15, 0.2) is 0 Å². The zero-order valence-electron chi connectivity index (χ0n) is 20.1. The van der Waals surface area contributed by atoms with E-state index < -0.39 is 5.72 Å². The molecule has 7 atom stereocenters. The van der Waals surface area contributed by atoms with Crippen LogP contribution in [0.1, 0.15) is 56.6 Å². The lowest BCUT2D eigenvalue weighted by atomic mass is 9.65. The molecule has 0 radical (unpaired) electrons. The maximum Gasteiger partial charge on any atom is 0.250 e. The van der Waals surface area contributed by atoms with Crippen molar-refractivity contribution in [3.8, 4) is 0 Å². The first-order chi connectivity index (χ1) is 16.5. The van der Waals surface area contributed by atoms with Gasteiger partial charge >= 0.3 is 0 Å². The third-order valence-corrected chi connectivity index (χ3v) is 10.3. The maximum atomic E-state index is 13.1. The molecular formula is C27H38N4O3. The van der Waals surface area contributed by atoms with Crippen molar-refractivity contribution in [2.75, 3.05) is 39.3 Å². The number of rotatable bonds is 2. The SMILES string of the molecule is O=C1CCC(CN2CC3CC(C2)c2cccc(=O)n2C3)C2(O)C3CC(CN12)C1CCCCN1C3. The fourth-order valence-corrected chi connectivity index (χ4v) is 8.94. The Kier molecular flexibility index (Phi) is 5.01. The van der Waals surface area contributed by atoms with Crippen molar-refractivity contribution in [1.29, 1.82) is 0 Å². The summed E-state index contributed by atoms with van der Waals surface area (Å²) in [5, 5.41) is 12.4. The molecule has 6 aliphatic rings. The lowest BCUT2D eigenvalue weighted by Gasteiger charge is -2.63. The summed E-state index contributed by atoms with van der Waals surface area (Å²) in [5.41, 5.74) is 0.299. The van der Waals surface area contributed by atoms with Gasteiger partial charge in [-0.3, -0.25) is 14.5 Å².